The molecule has 5 N–H and O–H groups in total. The number of fused-ring (bicyclic) bond motifs is 1. The average Bonchev–Trinajstić information content (AvgIpc) is 3.55. The Labute approximate surface area is 269 Å². The number of hydrogen-bond acceptors (Lipinski definition) is 13. The molecule has 1 aliphatic rings. The number of nitrogens with zero attached hydrogens (tertiary/aromatic N) is 4. The number of aliphatic hydroxyl groups is 1. The molecule has 0 aliphatic carbocycles. The van der Waals surface area contributed by atoms with Gasteiger partial charge in [0.25, 0.3) is 0 Å². The SMILES string of the molecule is COC(=O)NCC(C)(C)C(=O)SCCOP(=O)(NCc1ccccc1)OC[C@H]1O[C@@H](n2cnc3c(N)ncnc32)[C@](C)(Cl)[C@@H]1O. The molecule has 1 saturated heterocycles. The molecule has 1 aromatic carbocycles. The van der Waals surface area contributed by atoms with E-state index in [-0.39, 0.29) is 43.0 Å². The number of carbonyl (C=O) groups excluding carboxylic acids is 2. The Hall–Kier alpha value is -2.82. The van der Waals surface area contributed by atoms with Crippen molar-refractivity contribution in [2.45, 2.75) is 50.6 Å². The quantitative estimate of drug-likeness (QED) is 0.109. The Balaban J connectivity index is 1.40. The molecule has 2 aromatic heterocycles. The highest BCUT2D eigenvalue weighted by molar-refractivity contribution is 8.13. The number of alkyl halides is 1. The average molecular weight is 686 g/mol. The molecule has 1 amide bonds. The molecule has 5 atom stereocenters. The van der Waals surface area contributed by atoms with Gasteiger partial charge in [-0.25, -0.2) is 29.4 Å². The van der Waals surface area contributed by atoms with E-state index in [1.54, 1.807) is 25.3 Å². The van der Waals surface area contributed by atoms with Crippen LogP contribution >= 0.6 is 31.1 Å². The zero-order chi connectivity index (χ0) is 32.8. The van der Waals surface area contributed by atoms with Crippen LogP contribution < -0.4 is 16.1 Å². The zero-order valence-electron chi connectivity index (χ0n) is 25.2. The molecule has 0 saturated carbocycles. The molecule has 15 nitrogen and oxygen atoms in total. The number of anilines is 1. The van der Waals surface area contributed by atoms with Crippen LogP contribution in [0, 0.1) is 5.41 Å². The Morgan fingerprint density at radius 2 is 1.98 bits per heavy atom. The van der Waals surface area contributed by atoms with E-state index < -0.39 is 42.6 Å². The molecule has 0 radical (unpaired) electrons. The van der Waals surface area contributed by atoms with Crippen molar-refractivity contribution in [2.75, 3.05) is 38.4 Å². The predicted octanol–water partition coefficient (Wildman–Crippen LogP) is 3.24. The van der Waals surface area contributed by atoms with E-state index in [1.807, 2.05) is 30.3 Å². The molecule has 0 bridgehead atoms. The Bertz CT molecular complexity index is 1530. The Morgan fingerprint density at radius 1 is 1.24 bits per heavy atom. The number of nitrogen functional groups attached to an aromatic ring is 1. The summed E-state index contributed by atoms with van der Waals surface area (Å²) in [5.74, 6) is 0.335. The number of thioether (sulfide) groups is 1. The molecule has 0 spiro atoms. The van der Waals surface area contributed by atoms with Crippen molar-refractivity contribution in [2.24, 2.45) is 5.41 Å². The normalized spacial score (nSPS) is 23.1. The lowest BCUT2D eigenvalue weighted by atomic mass is 9.96. The van der Waals surface area contributed by atoms with E-state index in [0.29, 0.717) is 11.2 Å². The molecule has 1 fully saturated rings. The second-order valence-electron chi connectivity index (χ2n) is 11.0. The minimum absolute atomic E-state index is 0.0754. The number of rotatable bonds is 14. The molecule has 1 aliphatic heterocycles. The fourth-order valence-electron chi connectivity index (χ4n) is 4.40. The van der Waals surface area contributed by atoms with Crippen LogP contribution in [0.1, 0.15) is 32.6 Å². The second-order valence-corrected chi connectivity index (χ2v) is 14.7. The third-order valence-corrected chi connectivity index (χ3v) is 10.2. The summed E-state index contributed by atoms with van der Waals surface area (Å²) in [5, 5.41) is 16.3. The van der Waals surface area contributed by atoms with Gasteiger partial charge in [-0.1, -0.05) is 55.9 Å². The molecule has 1 unspecified atom stereocenters. The van der Waals surface area contributed by atoms with Crippen molar-refractivity contribution in [1.29, 1.82) is 0 Å². The number of aliphatic hydroxyl groups excluding tert-OH is 1. The molecule has 3 heterocycles. The first kappa shape index (κ1) is 35.0. The van der Waals surface area contributed by atoms with Crippen LogP contribution in [0.25, 0.3) is 11.2 Å². The monoisotopic (exact) mass is 685 g/mol. The van der Waals surface area contributed by atoms with E-state index in [9.17, 15) is 19.3 Å². The van der Waals surface area contributed by atoms with Crippen LogP contribution in [0.3, 0.4) is 0 Å². The van der Waals surface area contributed by atoms with Crippen LogP contribution in [0.4, 0.5) is 10.6 Å². The first-order chi connectivity index (χ1) is 21.3. The number of aromatic nitrogens is 4. The van der Waals surface area contributed by atoms with Crippen molar-refractivity contribution < 1.29 is 37.8 Å². The highest BCUT2D eigenvalue weighted by Crippen LogP contribution is 2.48. The molecular formula is C27H37ClN7O8PS. The summed E-state index contributed by atoms with van der Waals surface area (Å²) in [7, 11) is -2.76. The molecular weight excluding hydrogens is 649 g/mol. The third kappa shape index (κ3) is 8.51. The summed E-state index contributed by atoms with van der Waals surface area (Å²) in [6, 6.07) is 9.22. The summed E-state index contributed by atoms with van der Waals surface area (Å²) in [4.78, 5) is 35.2. The van der Waals surface area contributed by atoms with Crippen molar-refractivity contribution in [3.8, 4) is 0 Å². The highest BCUT2D eigenvalue weighted by Gasteiger charge is 2.54. The van der Waals surface area contributed by atoms with Gasteiger partial charge in [-0.05, 0) is 12.5 Å². The highest BCUT2D eigenvalue weighted by atomic mass is 35.5. The van der Waals surface area contributed by atoms with Gasteiger partial charge in [-0.15, -0.1) is 11.6 Å². The van der Waals surface area contributed by atoms with Gasteiger partial charge >= 0.3 is 13.8 Å². The van der Waals surface area contributed by atoms with Crippen LogP contribution in [-0.4, -0.2) is 85.5 Å². The number of nitrogens with one attached hydrogen (secondary N) is 2. The predicted molar refractivity (Wildman–Crippen MR) is 168 cm³/mol. The fourth-order valence-corrected chi connectivity index (χ4v) is 6.94. The number of alkyl carbamates (subject to hydrolysis) is 1. The number of benzene rings is 1. The Kier molecular flexibility index (Phi) is 11.5. The maximum atomic E-state index is 13.9. The van der Waals surface area contributed by atoms with Gasteiger partial charge in [0.1, 0.15) is 28.9 Å². The van der Waals surface area contributed by atoms with Crippen LogP contribution in [0.15, 0.2) is 43.0 Å². The Morgan fingerprint density at radius 3 is 2.69 bits per heavy atom. The summed E-state index contributed by atoms with van der Waals surface area (Å²) >= 11 is 7.76. The number of halogens is 1. The van der Waals surface area contributed by atoms with E-state index in [2.05, 4.69) is 30.1 Å². The summed E-state index contributed by atoms with van der Waals surface area (Å²) in [5.41, 5.74) is 6.57. The number of carbonyl (C=O) groups is 2. The van der Waals surface area contributed by atoms with Crippen molar-refractivity contribution in [3.05, 3.63) is 48.5 Å². The van der Waals surface area contributed by atoms with Gasteiger partial charge in [0.15, 0.2) is 22.8 Å². The van der Waals surface area contributed by atoms with Gasteiger partial charge in [0, 0.05) is 18.8 Å². The van der Waals surface area contributed by atoms with Gasteiger partial charge in [0.2, 0.25) is 0 Å². The first-order valence-corrected chi connectivity index (χ1v) is 16.8. The standard InChI is InChI=1S/C27H37ClN7O8PS/c1-26(2,14-30-25(38)40-4)24(37)45-11-10-41-44(39,34-12-17-8-6-5-7-9-17)42-13-18-20(36)27(3,28)23(43-18)35-16-33-19-21(29)31-15-32-22(19)35/h5-9,15-16,18,20,23,36H,10-14H2,1-4H3,(H,30,38)(H,34,39)(H2,29,31,32)/t18-,20-,23-,27-,44?/m1/s1. The van der Waals surface area contributed by atoms with Crippen LogP contribution in [0.5, 0.6) is 0 Å². The van der Waals surface area contributed by atoms with E-state index in [1.165, 1.54) is 19.8 Å². The first-order valence-electron chi connectivity index (χ1n) is 13.9. The summed E-state index contributed by atoms with van der Waals surface area (Å²) in [6.07, 6.45) is -1.11. The number of methoxy groups -OCH3 is 1. The summed E-state index contributed by atoms with van der Waals surface area (Å²) in [6.45, 7) is 4.75. The zero-order valence-corrected chi connectivity index (χ0v) is 27.7. The fraction of sp³-hybridized carbons (Fsp3) is 0.519. The van der Waals surface area contributed by atoms with E-state index in [4.69, 9.17) is 31.1 Å². The molecule has 3 aromatic rings. The minimum atomic E-state index is -4.00. The van der Waals surface area contributed by atoms with Crippen molar-refractivity contribution in [3.63, 3.8) is 0 Å². The van der Waals surface area contributed by atoms with Gasteiger partial charge in [-0.2, -0.15) is 0 Å². The number of hydrogen-bond donors (Lipinski definition) is 4. The topological polar surface area (TPSA) is 202 Å². The maximum absolute atomic E-state index is 13.9. The minimum Gasteiger partial charge on any atom is -0.453 e. The lowest BCUT2D eigenvalue weighted by molar-refractivity contribution is -0.117. The smallest absolute Gasteiger partial charge is 0.406 e. The van der Waals surface area contributed by atoms with Gasteiger partial charge < -0.3 is 25.6 Å². The van der Waals surface area contributed by atoms with E-state index >= 15 is 0 Å². The van der Waals surface area contributed by atoms with Crippen molar-refractivity contribution >= 4 is 59.3 Å². The van der Waals surface area contributed by atoms with Gasteiger partial charge in [0.05, 0.1) is 32.1 Å². The number of imidazole rings is 1. The van der Waals surface area contributed by atoms with Crippen LogP contribution in [0.2, 0.25) is 0 Å². The number of amides is 1. The lowest BCUT2D eigenvalue weighted by Crippen LogP contribution is -2.40. The van der Waals surface area contributed by atoms with Crippen molar-refractivity contribution in [1.82, 2.24) is 29.9 Å². The summed E-state index contributed by atoms with van der Waals surface area (Å²) < 4.78 is 37.5. The number of ether oxygens (including phenoxy) is 2. The number of nitrogens with two attached hydrogens (primary N) is 1. The lowest BCUT2D eigenvalue weighted by Gasteiger charge is -2.26. The molecule has 45 heavy (non-hydrogen) atoms. The molecule has 246 valence electrons. The van der Waals surface area contributed by atoms with E-state index in [0.717, 1.165) is 17.3 Å². The maximum Gasteiger partial charge on any atom is 0.406 e. The van der Waals surface area contributed by atoms with Crippen LogP contribution in [-0.2, 0) is 34.4 Å². The largest absolute Gasteiger partial charge is 0.453 e. The molecule has 18 heteroatoms. The molecule has 4 rings (SSSR count). The third-order valence-electron chi connectivity index (χ3n) is 7.08. The second kappa shape index (κ2) is 14.7. The van der Waals surface area contributed by atoms with Gasteiger partial charge in [-0.3, -0.25) is 18.4 Å².